The molecule has 2 rings (SSSR count). The summed E-state index contributed by atoms with van der Waals surface area (Å²) >= 11 is 0. The Labute approximate surface area is 80.2 Å². The first-order valence-corrected chi connectivity index (χ1v) is 5.22. The fourth-order valence-corrected chi connectivity index (χ4v) is 1.99. The van der Waals surface area contributed by atoms with Crippen LogP contribution in [-0.2, 0) is 6.42 Å². The normalized spacial score (nSPS) is 22.0. The smallest absolute Gasteiger partial charge is 0.00707 e. The number of hydrogen-bond acceptors (Lipinski definition) is 1. The molecule has 70 valence electrons. The molecule has 0 unspecified atom stereocenters. The van der Waals surface area contributed by atoms with Crippen LogP contribution in [-0.4, -0.2) is 12.6 Å². The lowest BCUT2D eigenvalue weighted by Crippen LogP contribution is -2.21. The Morgan fingerprint density at radius 2 is 2.08 bits per heavy atom. The first kappa shape index (κ1) is 8.76. The van der Waals surface area contributed by atoms with Crippen LogP contribution in [0.5, 0.6) is 0 Å². The van der Waals surface area contributed by atoms with Crippen LogP contribution in [0.1, 0.15) is 24.8 Å². The molecule has 1 aromatic rings. The van der Waals surface area contributed by atoms with Gasteiger partial charge in [0.15, 0.2) is 0 Å². The van der Waals surface area contributed by atoms with Crippen LogP contribution in [0.25, 0.3) is 0 Å². The van der Waals surface area contributed by atoms with E-state index in [0.717, 1.165) is 6.04 Å². The van der Waals surface area contributed by atoms with Gasteiger partial charge in [0.25, 0.3) is 0 Å². The average molecular weight is 175 g/mol. The van der Waals surface area contributed by atoms with Crippen molar-refractivity contribution in [2.24, 2.45) is 0 Å². The fraction of sp³-hybridized carbons (Fsp3) is 0.500. The summed E-state index contributed by atoms with van der Waals surface area (Å²) in [7, 11) is 0. The SMILES string of the molecule is c1ccc(CC[C@@H]2CCCN2)cc1. The van der Waals surface area contributed by atoms with Gasteiger partial charge in [-0.2, -0.15) is 0 Å². The van der Waals surface area contributed by atoms with E-state index in [9.17, 15) is 0 Å². The van der Waals surface area contributed by atoms with Gasteiger partial charge in [-0.05, 0) is 37.8 Å². The Bertz CT molecular complexity index is 237. The van der Waals surface area contributed by atoms with Crippen LogP contribution < -0.4 is 5.32 Å². The summed E-state index contributed by atoms with van der Waals surface area (Å²) in [6, 6.07) is 11.5. The first-order valence-electron chi connectivity index (χ1n) is 5.22. The molecule has 1 atom stereocenters. The summed E-state index contributed by atoms with van der Waals surface area (Å²) < 4.78 is 0. The molecule has 0 saturated carbocycles. The second-order valence-electron chi connectivity index (χ2n) is 3.82. The highest BCUT2D eigenvalue weighted by Crippen LogP contribution is 2.12. The monoisotopic (exact) mass is 175 g/mol. The molecule has 1 aliphatic rings. The van der Waals surface area contributed by atoms with Crippen molar-refractivity contribution in [1.82, 2.24) is 5.32 Å². The first-order chi connectivity index (χ1) is 6.45. The third-order valence-electron chi connectivity index (χ3n) is 2.79. The van der Waals surface area contributed by atoms with Crippen molar-refractivity contribution in [3.63, 3.8) is 0 Å². The quantitative estimate of drug-likeness (QED) is 0.743. The molecule has 0 bridgehead atoms. The summed E-state index contributed by atoms with van der Waals surface area (Å²) in [5, 5.41) is 3.53. The minimum absolute atomic E-state index is 0.778. The van der Waals surface area contributed by atoms with E-state index >= 15 is 0 Å². The minimum atomic E-state index is 0.778. The summed E-state index contributed by atoms with van der Waals surface area (Å²) in [5.74, 6) is 0. The molecule has 0 aliphatic carbocycles. The van der Waals surface area contributed by atoms with Crippen molar-refractivity contribution >= 4 is 0 Å². The van der Waals surface area contributed by atoms with E-state index in [1.165, 1.54) is 37.8 Å². The van der Waals surface area contributed by atoms with E-state index in [1.807, 2.05) is 0 Å². The van der Waals surface area contributed by atoms with Gasteiger partial charge in [0.05, 0.1) is 0 Å². The van der Waals surface area contributed by atoms with E-state index in [4.69, 9.17) is 0 Å². The summed E-state index contributed by atoms with van der Waals surface area (Å²) in [6.45, 7) is 1.22. The Hall–Kier alpha value is -0.820. The zero-order valence-electron chi connectivity index (χ0n) is 8.00. The Balaban J connectivity index is 1.79. The summed E-state index contributed by atoms with van der Waals surface area (Å²) in [6.07, 6.45) is 5.24. The van der Waals surface area contributed by atoms with Crippen molar-refractivity contribution < 1.29 is 0 Å². The zero-order valence-corrected chi connectivity index (χ0v) is 8.00. The molecule has 0 spiro atoms. The van der Waals surface area contributed by atoms with Gasteiger partial charge in [0, 0.05) is 6.04 Å². The number of aryl methyl sites for hydroxylation is 1. The molecule has 0 aromatic heterocycles. The van der Waals surface area contributed by atoms with Gasteiger partial charge in [-0.25, -0.2) is 0 Å². The van der Waals surface area contributed by atoms with E-state index in [2.05, 4.69) is 35.6 Å². The van der Waals surface area contributed by atoms with Crippen molar-refractivity contribution in [3.8, 4) is 0 Å². The molecular weight excluding hydrogens is 158 g/mol. The zero-order chi connectivity index (χ0) is 8.93. The van der Waals surface area contributed by atoms with E-state index in [0.29, 0.717) is 0 Å². The van der Waals surface area contributed by atoms with Crippen molar-refractivity contribution in [3.05, 3.63) is 35.9 Å². The largest absolute Gasteiger partial charge is 0.314 e. The van der Waals surface area contributed by atoms with Crippen molar-refractivity contribution in [2.45, 2.75) is 31.7 Å². The van der Waals surface area contributed by atoms with Crippen molar-refractivity contribution in [2.75, 3.05) is 6.54 Å². The van der Waals surface area contributed by atoms with Crippen LogP contribution >= 0.6 is 0 Å². The lowest BCUT2D eigenvalue weighted by molar-refractivity contribution is 0.559. The van der Waals surface area contributed by atoms with Gasteiger partial charge in [-0.3, -0.25) is 0 Å². The molecule has 1 saturated heterocycles. The Morgan fingerprint density at radius 3 is 2.77 bits per heavy atom. The minimum Gasteiger partial charge on any atom is -0.314 e. The highest BCUT2D eigenvalue weighted by atomic mass is 14.9. The van der Waals surface area contributed by atoms with Gasteiger partial charge >= 0.3 is 0 Å². The lowest BCUT2D eigenvalue weighted by Gasteiger charge is -2.09. The predicted octanol–water partition coefficient (Wildman–Crippen LogP) is 2.37. The summed E-state index contributed by atoms with van der Waals surface area (Å²) in [4.78, 5) is 0. The van der Waals surface area contributed by atoms with E-state index < -0.39 is 0 Å². The molecule has 1 fully saturated rings. The standard InChI is InChI=1S/C12H17N/c1-2-5-11(6-3-1)8-9-12-7-4-10-13-12/h1-3,5-6,12-13H,4,7-10H2/t12-/m0/s1. The lowest BCUT2D eigenvalue weighted by atomic mass is 10.0. The highest BCUT2D eigenvalue weighted by Gasteiger charge is 2.12. The molecule has 1 aromatic carbocycles. The number of nitrogens with one attached hydrogen (secondary N) is 1. The fourth-order valence-electron chi connectivity index (χ4n) is 1.99. The maximum atomic E-state index is 3.53. The van der Waals surface area contributed by atoms with Crippen LogP contribution in [0.3, 0.4) is 0 Å². The van der Waals surface area contributed by atoms with Gasteiger partial charge in [-0.1, -0.05) is 30.3 Å². The number of benzene rings is 1. The predicted molar refractivity (Wildman–Crippen MR) is 55.8 cm³/mol. The van der Waals surface area contributed by atoms with Crippen LogP contribution in [0, 0.1) is 0 Å². The third-order valence-corrected chi connectivity index (χ3v) is 2.79. The van der Waals surface area contributed by atoms with Crippen LogP contribution in [0.15, 0.2) is 30.3 Å². The maximum Gasteiger partial charge on any atom is 0.00707 e. The topological polar surface area (TPSA) is 12.0 Å². The van der Waals surface area contributed by atoms with E-state index in [1.54, 1.807) is 0 Å². The molecule has 1 nitrogen and oxygen atoms in total. The summed E-state index contributed by atoms with van der Waals surface area (Å²) in [5.41, 5.74) is 1.47. The van der Waals surface area contributed by atoms with Gasteiger partial charge in [0.2, 0.25) is 0 Å². The molecule has 1 heterocycles. The molecule has 0 radical (unpaired) electrons. The Kier molecular flexibility index (Phi) is 2.98. The molecule has 1 aliphatic heterocycles. The van der Waals surface area contributed by atoms with Gasteiger partial charge < -0.3 is 5.32 Å². The number of hydrogen-bond donors (Lipinski definition) is 1. The van der Waals surface area contributed by atoms with Gasteiger partial charge in [0.1, 0.15) is 0 Å². The van der Waals surface area contributed by atoms with Gasteiger partial charge in [-0.15, -0.1) is 0 Å². The average Bonchev–Trinajstić information content (AvgIpc) is 2.69. The number of rotatable bonds is 3. The maximum absolute atomic E-state index is 3.53. The highest BCUT2D eigenvalue weighted by molar-refractivity contribution is 5.14. The second-order valence-corrected chi connectivity index (χ2v) is 3.82. The molecule has 1 heteroatoms. The van der Waals surface area contributed by atoms with Crippen molar-refractivity contribution in [1.29, 1.82) is 0 Å². The molecule has 1 N–H and O–H groups in total. The van der Waals surface area contributed by atoms with E-state index in [-0.39, 0.29) is 0 Å². The Morgan fingerprint density at radius 1 is 1.23 bits per heavy atom. The third kappa shape index (κ3) is 2.56. The molecule has 13 heavy (non-hydrogen) atoms. The molecular formula is C12H17N. The molecule has 0 amide bonds. The van der Waals surface area contributed by atoms with Crippen LogP contribution in [0.4, 0.5) is 0 Å². The van der Waals surface area contributed by atoms with Crippen LogP contribution in [0.2, 0.25) is 0 Å². The second kappa shape index (κ2) is 4.43.